The average molecular weight is 729 g/mol. The molecule has 0 fully saturated rings. The van der Waals surface area contributed by atoms with Crippen LogP contribution in [-0.2, 0) is 5.41 Å². The second kappa shape index (κ2) is 13.1. The first-order valence-electron chi connectivity index (χ1n) is 19.5. The summed E-state index contributed by atoms with van der Waals surface area (Å²) in [6.45, 7) is 2.36. The van der Waals surface area contributed by atoms with Crippen LogP contribution in [0.4, 0.5) is 0 Å². The molecule has 2 heterocycles. The van der Waals surface area contributed by atoms with Crippen molar-refractivity contribution in [2.24, 2.45) is 0 Å². The van der Waals surface area contributed by atoms with E-state index in [1.54, 1.807) is 0 Å². The molecule has 11 rings (SSSR count). The average Bonchev–Trinajstić information content (AvgIpc) is 3.80. The molecule has 1 aliphatic carbocycles. The SMILES string of the molecule is CC1(c2ccccc2)c2ccccc2-c2c(-c3cc(-c4cc(-c5ccccc5)cc(-c5ccc6oc7ccccc7c6c5)c4)nc(-c4ccccc4)n3)cccc21. The first-order chi connectivity index (χ1) is 28.1. The highest BCUT2D eigenvalue weighted by Gasteiger charge is 2.41. The molecule has 0 bridgehead atoms. The fourth-order valence-electron chi connectivity index (χ4n) is 8.93. The highest BCUT2D eigenvalue weighted by atomic mass is 16.3. The van der Waals surface area contributed by atoms with Crippen molar-refractivity contribution >= 4 is 21.9 Å². The van der Waals surface area contributed by atoms with Crippen molar-refractivity contribution in [2.45, 2.75) is 12.3 Å². The predicted molar refractivity (Wildman–Crippen MR) is 234 cm³/mol. The van der Waals surface area contributed by atoms with Gasteiger partial charge in [0.25, 0.3) is 0 Å². The van der Waals surface area contributed by atoms with E-state index in [0.717, 1.165) is 72.3 Å². The van der Waals surface area contributed by atoms with Gasteiger partial charge >= 0.3 is 0 Å². The fourth-order valence-corrected chi connectivity index (χ4v) is 8.93. The van der Waals surface area contributed by atoms with Gasteiger partial charge in [0.05, 0.1) is 11.4 Å². The fraction of sp³-hybridized carbons (Fsp3) is 0.0370. The van der Waals surface area contributed by atoms with Crippen LogP contribution in [0.15, 0.2) is 205 Å². The van der Waals surface area contributed by atoms with Crippen molar-refractivity contribution in [3.63, 3.8) is 0 Å². The summed E-state index contributed by atoms with van der Waals surface area (Å²) in [5.41, 5.74) is 17.1. The Morgan fingerprint density at radius 1 is 0.386 bits per heavy atom. The minimum Gasteiger partial charge on any atom is -0.456 e. The Hall–Kier alpha value is -7.36. The van der Waals surface area contributed by atoms with E-state index in [-0.39, 0.29) is 5.41 Å². The summed E-state index contributed by atoms with van der Waals surface area (Å²) < 4.78 is 6.21. The lowest BCUT2D eigenvalue weighted by Gasteiger charge is -2.28. The van der Waals surface area contributed by atoms with E-state index in [1.807, 2.05) is 18.2 Å². The van der Waals surface area contributed by atoms with Gasteiger partial charge in [-0.3, -0.25) is 0 Å². The Labute approximate surface area is 331 Å². The van der Waals surface area contributed by atoms with Gasteiger partial charge in [-0.25, -0.2) is 9.97 Å². The van der Waals surface area contributed by atoms with Gasteiger partial charge in [-0.15, -0.1) is 0 Å². The van der Waals surface area contributed by atoms with E-state index in [1.165, 1.54) is 27.8 Å². The summed E-state index contributed by atoms with van der Waals surface area (Å²) in [5, 5.41) is 2.22. The lowest BCUT2D eigenvalue weighted by molar-refractivity contribution is 0.669. The van der Waals surface area contributed by atoms with Crippen molar-refractivity contribution in [2.75, 3.05) is 0 Å². The number of furan rings is 1. The van der Waals surface area contributed by atoms with Gasteiger partial charge < -0.3 is 4.42 Å². The summed E-state index contributed by atoms with van der Waals surface area (Å²) in [5.74, 6) is 0.691. The highest BCUT2D eigenvalue weighted by molar-refractivity contribution is 6.06. The van der Waals surface area contributed by atoms with E-state index < -0.39 is 0 Å². The lowest BCUT2D eigenvalue weighted by atomic mass is 9.74. The van der Waals surface area contributed by atoms with E-state index in [2.05, 4.69) is 189 Å². The first-order valence-corrected chi connectivity index (χ1v) is 19.5. The van der Waals surface area contributed by atoms with Gasteiger partial charge in [0, 0.05) is 32.9 Å². The van der Waals surface area contributed by atoms with Crippen LogP contribution in [0.3, 0.4) is 0 Å². The molecule has 0 aliphatic heterocycles. The number of para-hydroxylation sites is 1. The molecule has 57 heavy (non-hydrogen) atoms. The first kappa shape index (κ1) is 33.0. The monoisotopic (exact) mass is 728 g/mol. The molecule has 0 spiro atoms. The molecule has 0 N–H and O–H groups in total. The molecule has 1 atom stereocenters. The number of hydrogen-bond acceptors (Lipinski definition) is 3. The summed E-state index contributed by atoms with van der Waals surface area (Å²) in [6.07, 6.45) is 0. The van der Waals surface area contributed by atoms with Crippen LogP contribution in [-0.4, -0.2) is 9.97 Å². The largest absolute Gasteiger partial charge is 0.456 e. The zero-order valence-electron chi connectivity index (χ0n) is 31.4. The summed E-state index contributed by atoms with van der Waals surface area (Å²) in [4.78, 5) is 10.7. The van der Waals surface area contributed by atoms with Crippen molar-refractivity contribution < 1.29 is 4.42 Å². The number of hydrogen-bond donors (Lipinski definition) is 0. The Balaban J connectivity index is 1.15. The molecule has 0 radical (unpaired) electrons. The van der Waals surface area contributed by atoms with Crippen LogP contribution < -0.4 is 0 Å². The van der Waals surface area contributed by atoms with E-state index in [0.29, 0.717) is 5.82 Å². The van der Waals surface area contributed by atoms with E-state index >= 15 is 0 Å². The second-order valence-corrected chi connectivity index (χ2v) is 15.1. The lowest BCUT2D eigenvalue weighted by Crippen LogP contribution is -2.22. The van der Waals surface area contributed by atoms with Crippen molar-refractivity contribution in [1.82, 2.24) is 9.97 Å². The molecule has 1 unspecified atom stereocenters. The number of nitrogens with zero attached hydrogens (tertiary/aromatic N) is 2. The summed E-state index contributed by atoms with van der Waals surface area (Å²) in [7, 11) is 0. The maximum Gasteiger partial charge on any atom is 0.160 e. The molecule has 8 aromatic carbocycles. The molecular formula is C54H36N2O. The smallest absolute Gasteiger partial charge is 0.160 e. The Bertz CT molecular complexity index is 3130. The van der Waals surface area contributed by atoms with Crippen LogP contribution in [0.1, 0.15) is 23.6 Å². The quantitative estimate of drug-likeness (QED) is 0.171. The molecular weight excluding hydrogens is 693 g/mol. The number of aromatic nitrogens is 2. The second-order valence-electron chi connectivity index (χ2n) is 15.1. The standard InChI is InChI=1S/C54H36N2O/c1-54(41-20-9-4-10-21-41)46-25-13-11-23-43(46)52-44(24-15-26-47(52)54)49-34-48(55-53(56-49)36-18-7-3-8-19-36)40-31-38(35-16-5-2-6-17-35)30-39(32-40)37-28-29-51-45(33-37)42-22-12-14-27-50(42)57-51/h2-34H,1H3. The van der Waals surface area contributed by atoms with Gasteiger partial charge in [-0.1, -0.05) is 158 Å². The zero-order valence-corrected chi connectivity index (χ0v) is 31.4. The third kappa shape index (κ3) is 5.43. The third-order valence-corrected chi connectivity index (χ3v) is 11.8. The maximum atomic E-state index is 6.21. The number of benzene rings is 8. The minimum absolute atomic E-state index is 0.318. The van der Waals surface area contributed by atoms with Gasteiger partial charge in [0.2, 0.25) is 0 Å². The molecule has 10 aromatic rings. The molecule has 2 aromatic heterocycles. The van der Waals surface area contributed by atoms with Crippen LogP contribution in [0, 0.1) is 0 Å². The topological polar surface area (TPSA) is 38.9 Å². The van der Waals surface area contributed by atoms with Gasteiger partial charge in [0.1, 0.15) is 11.2 Å². The van der Waals surface area contributed by atoms with Gasteiger partial charge in [-0.2, -0.15) is 0 Å². The Morgan fingerprint density at radius 2 is 0.982 bits per heavy atom. The zero-order chi connectivity index (χ0) is 37.9. The molecule has 0 amide bonds. The van der Waals surface area contributed by atoms with Crippen molar-refractivity contribution in [3.05, 3.63) is 217 Å². The van der Waals surface area contributed by atoms with Crippen molar-refractivity contribution in [1.29, 1.82) is 0 Å². The van der Waals surface area contributed by atoms with Crippen LogP contribution in [0.2, 0.25) is 0 Å². The number of rotatable bonds is 6. The van der Waals surface area contributed by atoms with Gasteiger partial charge in [-0.05, 0) is 99.5 Å². The van der Waals surface area contributed by atoms with Crippen LogP contribution >= 0.6 is 0 Å². The molecule has 0 saturated carbocycles. The molecule has 1 aliphatic rings. The number of fused-ring (bicyclic) bond motifs is 6. The third-order valence-electron chi connectivity index (χ3n) is 11.8. The Kier molecular flexibility index (Phi) is 7.61. The molecule has 0 saturated heterocycles. The van der Waals surface area contributed by atoms with E-state index in [4.69, 9.17) is 14.4 Å². The van der Waals surface area contributed by atoms with Gasteiger partial charge in [0.15, 0.2) is 5.82 Å². The maximum absolute atomic E-state index is 6.21. The molecule has 3 heteroatoms. The van der Waals surface area contributed by atoms with E-state index in [9.17, 15) is 0 Å². The molecule has 268 valence electrons. The van der Waals surface area contributed by atoms with Crippen LogP contribution in [0.25, 0.3) is 89.2 Å². The predicted octanol–water partition coefficient (Wildman–Crippen LogP) is 14.0. The minimum atomic E-state index is -0.318. The van der Waals surface area contributed by atoms with Crippen molar-refractivity contribution in [3.8, 4) is 67.3 Å². The Morgan fingerprint density at radius 3 is 1.79 bits per heavy atom. The summed E-state index contributed by atoms with van der Waals surface area (Å²) >= 11 is 0. The highest BCUT2D eigenvalue weighted by Crippen LogP contribution is 2.55. The summed E-state index contributed by atoms with van der Waals surface area (Å²) in [6, 6.07) is 71.1. The normalized spacial score (nSPS) is 14.5. The molecule has 3 nitrogen and oxygen atoms in total. The van der Waals surface area contributed by atoms with Crippen LogP contribution in [0.5, 0.6) is 0 Å².